The van der Waals surface area contributed by atoms with Crippen molar-refractivity contribution in [2.75, 3.05) is 0 Å². The van der Waals surface area contributed by atoms with E-state index in [1.807, 2.05) is 0 Å². The summed E-state index contributed by atoms with van der Waals surface area (Å²) < 4.78 is 30.6. The summed E-state index contributed by atoms with van der Waals surface area (Å²) in [4.78, 5) is 21.9. The number of esters is 1. The zero-order chi connectivity index (χ0) is 11.9. The van der Waals surface area contributed by atoms with Crippen LogP contribution >= 0.6 is 0 Å². The second-order valence-electron chi connectivity index (χ2n) is 3.36. The average molecular weight is 228 g/mol. The summed E-state index contributed by atoms with van der Waals surface area (Å²) in [5, 5.41) is 8.66. The van der Waals surface area contributed by atoms with Gasteiger partial charge in [-0.2, -0.15) is 0 Å². The number of rotatable bonds is 1. The molecule has 0 radical (unpaired) electrons. The monoisotopic (exact) mass is 228 g/mol. The number of carboxylic acid groups (broad SMARTS) is 1. The Morgan fingerprint density at radius 1 is 1.44 bits per heavy atom. The van der Waals surface area contributed by atoms with E-state index in [1.54, 1.807) is 0 Å². The molecule has 1 aromatic carbocycles. The molecule has 4 nitrogen and oxygen atoms in total. The topological polar surface area (TPSA) is 63.6 Å². The third-order valence-electron chi connectivity index (χ3n) is 2.27. The van der Waals surface area contributed by atoms with Gasteiger partial charge in [-0.1, -0.05) is 0 Å². The van der Waals surface area contributed by atoms with Crippen LogP contribution in [0.25, 0.3) is 0 Å². The first kappa shape index (κ1) is 10.5. The lowest BCUT2D eigenvalue weighted by Crippen LogP contribution is -2.34. The van der Waals surface area contributed by atoms with Crippen LogP contribution in [0.15, 0.2) is 12.1 Å². The van der Waals surface area contributed by atoms with Crippen LogP contribution in [-0.4, -0.2) is 23.1 Å². The van der Waals surface area contributed by atoms with Gasteiger partial charge in [0.15, 0.2) is 0 Å². The van der Waals surface area contributed by atoms with E-state index in [-0.39, 0.29) is 17.5 Å². The molecule has 1 aromatic rings. The second-order valence-corrected chi connectivity index (χ2v) is 3.36. The Labute approximate surface area is 88.4 Å². The number of hydrogen-bond acceptors (Lipinski definition) is 3. The van der Waals surface area contributed by atoms with Crippen LogP contribution in [0.5, 0.6) is 0 Å². The highest BCUT2D eigenvalue weighted by atomic mass is 19.1. The Balaban J connectivity index is 2.50. The number of cyclic esters (lactones) is 1. The Morgan fingerprint density at radius 2 is 2.12 bits per heavy atom. The van der Waals surface area contributed by atoms with Gasteiger partial charge < -0.3 is 9.84 Å². The minimum absolute atomic E-state index is 0.0150. The van der Waals surface area contributed by atoms with Gasteiger partial charge in [-0.05, 0) is 11.6 Å². The number of halogens is 2. The molecule has 2 rings (SSSR count). The largest absolute Gasteiger partial charge is 0.478 e. The number of benzene rings is 1. The minimum atomic E-state index is -1.39. The summed E-state index contributed by atoms with van der Waals surface area (Å²) in [6, 6.07) is 1.50. The van der Waals surface area contributed by atoms with Crippen LogP contribution in [-0.2, 0) is 16.0 Å². The zero-order valence-electron chi connectivity index (χ0n) is 7.87. The van der Waals surface area contributed by atoms with Crippen molar-refractivity contribution in [3.8, 4) is 0 Å². The van der Waals surface area contributed by atoms with Gasteiger partial charge in [-0.25, -0.2) is 18.4 Å². The number of carboxylic acids is 1. The standard InChI is InChI=1S/C10H6F2O4/c11-5-1-4-2-7(9(13)14)16-10(15)8(4)6(12)3-5/h1,3,7H,2H2,(H,13,14). The first-order valence-electron chi connectivity index (χ1n) is 4.40. The molecule has 0 spiro atoms. The van der Waals surface area contributed by atoms with Crippen molar-refractivity contribution in [3.05, 3.63) is 34.9 Å². The summed E-state index contributed by atoms with van der Waals surface area (Å²) >= 11 is 0. The third-order valence-corrected chi connectivity index (χ3v) is 2.27. The predicted octanol–water partition coefficient (Wildman–Crippen LogP) is 1.13. The van der Waals surface area contributed by atoms with Crippen molar-refractivity contribution >= 4 is 11.9 Å². The van der Waals surface area contributed by atoms with E-state index in [4.69, 9.17) is 5.11 Å². The lowest BCUT2D eigenvalue weighted by molar-refractivity contribution is -0.147. The van der Waals surface area contributed by atoms with Gasteiger partial charge in [0.25, 0.3) is 0 Å². The SMILES string of the molecule is O=C1OC(C(=O)O)Cc2cc(F)cc(F)c21. The molecule has 0 saturated heterocycles. The van der Waals surface area contributed by atoms with Crippen LogP contribution in [0.1, 0.15) is 15.9 Å². The van der Waals surface area contributed by atoms with E-state index in [0.29, 0.717) is 6.07 Å². The van der Waals surface area contributed by atoms with Gasteiger partial charge in [0.1, 0.15) is 11.6 Å². The number of aliphatic carboxylic acids is 1. The van der Waals surface area contributed by atoms with Crippen LogP contribution in [0, 0.1) is 11.6 Å². The molecule has 1 aliphatic heterocycles. The van der Waals surface area contributed by atoms with Crippen LogP contribution in [0.3, 0.4) is 0 Å². The molecule has 0 amide bonds. The molecule has 1 atom stereocenters. The summed E-state index contributed by atoms with van der Waals surface area (Å²) in [5.41, 5.74) is -0.375. The highest BCUT2D eigenvalue weighted by Crippen LogP contribution is 2.24. The summed E-state index contributed by atoms with van der Waals surface area (Å²) in [6.07, 6.45) is -1.62. The van der Waals surface area contributed by atoms with Crippen molar-refractivity contribution < 1.29 is 28.2 Å². The molecule has 1 N–H and O–H groups in total. The van der Waals surface area contributed by atoms with Crippen LogP contribution in [0.2, 0.25) is 0 Å². The van der Waals surface area contributed by atoms with E-state index < -0.39 is 29.7 Å². The molecular weight excluding hydrogens is 222 g/mol. The summed E-state index contributed by atoms with van der Waals surface area (Å²) in [6.45, 7) is 0. The van der Waals surface area contributed by atoms with E-state index in [1.165, 1.54) is 0 Å². The normalized spacial score (nSPS) is 18.9. The van der Waals surface area contributed by atoms with Crippen LogP contribution < -0.4 is 0 Å². The Hall–Kier alpha value is -1.98. The highest BCUT2D eigenvalue weighted by Gasteiger charge is 2.33. The van der Waals surface area contributed by atoms with Crippen molar-refractivity contribution in [1.29, 1.82) is 0 Å². The lowest BCUT2D eigenvalue weighted by Gasteiger charge is -2.21. The highest BCUT2D eigenvalue weighted by molar-refractivity contribution is 5.94. The van der Waals surface area contributed by atoms with E-state index >= 15 is 0 Å². The van der Waals surface area contributed by atoms with Gasteiger partial charge in [0, 0.05) is 12.5 Å². The van der Waals surface area contributed by atoms with Crippen molar-refractivity contribution in [1.82, 2.24) is 0 Å². The van der Waals surface area contributed by atoms with Gasteiger partial charge in [0.05, 0.1) is 5.56 Å². The number of hydrogen-bond donors (Lipinski definition) is 1. The summed E-state index contributed by atoms with van der Waals surface area (Å²) in [7, 11) is 0. The number of ether oxygens (including phenoxy) is 1. The number of carbonyl (C=O) groups excluding carboxylic acids is 1. The van der Waals surface area contributed by atoms with Crippen molar-refractivity contribution in [2.24, 2.45) is 0 Å². The third kappa shape index (κ3) is 1.62. The fraction of sp³-hybridized carbons (Fsp3) is 0.200. The van der Waals surface area contributed by atoms with Gasteiger partial charge >= 0.3 is 11.9 Å². The molecule has 16 heavy (non-hydrogen) atoms. The Bertz CT molecular complexity index is 484. The molecule has 1 unspecified atom stereocenters. The first-order valence-corrected chi connectivity index (χ1v) is 4.40. The zero-order valence-corrected chi connectivity index (χ0v) is 7.87. The maximum atomic E-state index is 13.2. The maximum Gasteiger partial charge on any atom is 0.345 e. The predicted molar refractivity (Wildman–Crippen MR) is 46.9 cm³/mol. The van der Waals surface area contributed by atoms with E-state index in [2.05, 4.69) is 4.74 Å². The Kier molecular flexibility index (Phi) is 2.34. The number of fused-ring (bicyclic) bond motifs is 1. The molecule has 84 valence electrons. The summed E-state index contributed by atoms with van der Waals surface area (Å²) in [5.74, 6) is -4.31. The lowest BCUT2D eigenvalue weighted by atomic mass is 9.98. The van der Waals surface area contributed by atoms with Gasteiger partial charge in [-0.3, -0.25) is 0 Å². The van der Waals surface area contributed by atoms with E-state index in [0.717, 1.165) is 6.07 Å². The fourth-order valence-corrected chi connectivity index (χ4v) is 1.58. The second kappa shape index (κ2) is 3.55. The molecule has 6 heteroatoms. The maximum absolute atomic E-state index is 13.2. The van der Waals surface area contributed by atoms with E-state index in [9.17, 15) is 18.4 Å². The van der Waals surface area contributed by atoms with Crippen LogP contribution in [0.4, 0.5) is 8.78 Å². The van der Waals surface area contributed by atoms with Crippen molar-refractivity contribution in [2.45, 2.75) is 12.5 Å². The fourth-order valence-electron chi connectivity index (χ4n) is 1.58. The molecule has 0 saturated carbocycles. The molecule has 1 heterocycles. The molecule has 0 aliphatic carbocycles. The molecule has 1 aliphatic rings. The quantitative estimate of drug-likeness (QED) is 0.732. The molecule has 0 fully saturated rings. The molecular formula is C10H6F2O4. The Morgan fingerprint density at radius 3 is 2.75 bits per heavy atom. The van der Waals surface area contributed by atoms with Gasteiger partial charge in [-0.15, -0.1) is 0 Å². The average Bonchev–Trinajstić information content (AvgIpc) is 2.15. The van der Waals surface area contributed by atoms with Gasteiger partial charge in [0.2, 0.25) is 6.10 Å². The smallest absolute Gasteiger partial charge is 0.345 e. The molecule has 0 aromatic heterocycles. The number of carbonyl (C=O) groups is 2. The first-order chi connectivity index (χ1) is 7.49. The minimum Gasteiger partial charge on any atom is -0.478 e. The van der Waals surface area contributed by atoms with Crippen molar-refractivity contribution in [3.63, 3.8) is 0 Å². The molecule has 0 bridgehead atoms.